The van der Waals surface area contributed by atoms with E-state index in [1.165, 1.54) is 23.9 Å². The Bertz CT molecular complexity index is 784. The average Bonchev–Trinajstić information content (AvgIpc) is 3.11. The highest BCUT2D eigenvalue weighted by Crippen LogP contribution is 2.31. The lowest BCUT2D eigenvalue weighted by Crippen LogP contribution is -2.50. The summed E-state index contributed by atoms with van der Waals surface area (Å²) in [7, 11) is 0. The summed E-state index contributed by atoms with van der Waals surface area (Å²) in [5, 5.41) is 30.6. The SMILES string of the molecule is [2H]C1(C(=O)O)C=C(n2cc(C(C)(C)O)nn2)[C@@H](NC(C)=O)[C@H](OC(CC)CC)C1. The van der Waals surface area contributed by atoms with Crippen LogP contribution in [0.3, 0.4) is 0 Å². The number of rotatable bonds is 8. The van der Waals surface area contributed by atoms with Gasteiger partial charge in [-0.2, -0.15) is 0 Å². The van der Waals surface area contributed by atoms with Gasteiger partial charge in [0.15, 0.2) is 0 Å². The molecule has 1 aliphatic carbocycles. The van der Waals surface area contributed by atoms with Gasteiger partial charge >= 0.3 is 5.97 Å². The summed E-state index contributed by atoms with van der Waals surface area (Å²) >= 11 is 0. The predicted octanol–water partition coefficient (Wildman–Crippen LogP) is 1.53. The largest absolute Gasteiger partial charge is 0.481 e. The summed E-state index contributed by atoms with van der Waals surface area (Å²) in [6, 6.07) is -0.720. The van der Waals surface area contributed by atoms with Crippen LogP contribution in [0.2, 0.25) is 0 Å². The first-order chi connectivity index (χ1) is 13.4. The van der Waals surface area contributed by atoms with Gasteiger partial charge in [0.25, 0.3) is 0 Å². The molecule has 0 spiro atoms. The van der Waals surface area contributed by atoms with E-state index in [4.69, 9.17) is 6.11 Å². The van der Waals surface area contributed by atoms with Crippen molar-refractivity contribution in [2.75, 3.05) is 0 Å². The summed E-state index contributed by atoms with van der Waals surface area (Å²) in [4.78, 5) is 23.7. The molecule has 2 rings (SSSR count). The van der Waals surface area contributed by atoms with E-state index in [0.29, 0.717) is 12.8 Å². The van der Waals surface area contributed by atoms with E-state index in [0.717, 1.165) is 0 Å². The third kappa shape index (κ3) is 5.17. The smallest absolute Gasteiger partial charge is 0.310 e. The molecule has 0 saturated carbocycles. The van der Waals surface area contributed by atoms with Crippen LogP contribution < -0.4 is 5.32 Å². The van der Waals surface area contributed by atoms with Gasteiger partial charge in [-0.25, -0.2) is 4.68 Å². The molecule has 0 radical (unpaired) electrons. The van der Waals surface area contributed by atoms with Crippen molar-refractivity contribution in [3.8, 4) is 0 Å². The lowest BCUT2D eigenvalue weighted by Gasteiger charge is -2.36. The number of carboxylic acid groups (broad SMARTS) is 1. The Morgan fingerprint density at radius 2 is 2.11 bits per heavy atom. The Morgan fingerprint density at radius 3 is 2.57 bits per heavy atom. The number of ether oxygens (including phenoxy) is 1. The minimum atomic E-state index is -1.96. The number of aliphatic carboxylic acids is 1. The number of aliphatic hydroxyl groups is 1. The van der Waals surface area contributed by atoms with E-state index < -0.39 is 29.6 Å². The molecule has 1 heterocycles. The van der Waals surface area contributed by atoms with Crippen molar-refractivity contribution in [3.63, 3.8) is 0 Å². The molecule has 1 aromatic heterocycles. The zero-order valence-electron chi connectivity index (χ0n) is 18.0. The van der Waals surface area contributed by atoms with Gasteiger partial charge in [0, 0.05) is 8.29 Å². The molecule has 0 fully saturated rings. The van der Waals surface area contributed by atoms with Crippen LogP contribution in [0.1, 0.15) is 60.9 Å². The molecular weight excluding hydrogens is 364 g/mol. The van der Waals surface area contributed by atoms with E-state index in [1.807, 2.05) is 13.8 Å². The van der Waals surface area contributed by atoms with E-state index in [9.17, 15) is 19.8 Å². The number of aromatic nitrogens is 3. The van der Waals surface area contributed by atoms with Crippen LogP contribution in [0.4, 0.5) is 0 Å². The summed E-state index contributed by atoms with van der Waals surface area (Å²) in [6.07, 6.45) is 3.13. The van der Waals surface area contributed by atoms with Crippen molar-refractivity contribution in [2.45, 2.75) is 77.7 Å². The van der Waals surface area contributed by atoms with Gasteiger partial charge in [-0.1, -0.05) is 19.1 Å². The Morgan fingerprint density at radius 1 is 1.46 bits per heavy atom. The number of carbonyl (C=O) groups is 2. The van der Waals surface area contributed by atoms with Crippen molar-refractivity contribution in [2.24, 2.45) is 5.89 Å². The highest BCUT2D eigenvalue weighted by molar-refractivity contribution is 5.79. The van der Waals surface area contributed by atoms with Crippen LogP contribution in [0.25, 0.3) is 5.70 Å². The molecular formula is C19H30N4O5. The normalized spacial score (nSPS) is 26.0. The quantitative estimate of drug-likeness (QED) is 0.609. The van der Waals surface area contributed by atoms with Gasteiger partial charge < -0.3 is 20.3 Å². The first-order valence-electron chi connectivity index (χ1n) is 9.95. The van der Waals surface area contributed by atoms with Gasteiger partial charge in [0.05, 0.1) is 36.0 Å². The van der Waals surface area contributed by atoms with Crippen molar-refractivity contribution in [3.05, 3.63) is 18.0 Å². The summed E-state index contributed by atoms with van der Waals surface area (Å²) in [6.45, 7) is 8.37. The van der Waals surface area contributed by atoms with Crippen LogP contribution in [-0.2, 0) is 19.9 Å². The molecule has 1 unspecified atom stereocenters. The van der Waals surface area contributed by atoms with Crippen LogP contribution >= 0.6 is 0 Å². The first kappa shape index (κ1) is 20.5. The first-order valence-corrected chi connectivity index (χ1v) is 9.45. The van der Waals surface area contributed by atoms with Crippen molar-refractivity contribution in [1.82, 2.24) is 20.3 Å². The lowest BCUT2D eigenvalue weighted by atomic mass is 9.87. The van der Waals surface area contributed by atoms with Gasteiger partial charge in [-0.05, 0) is 39.2 Å². The molecule has 1 amide bonds. The molecule has 3 N–H and O–H groups in total. The fourth-order valence-corrected chi connectivity index (χ4v) is 3.12. The molecule has 0 saturated heterocycles. The zero-order valence-corrected chi connectivity index (χ0v) is 17.0. The number of carboxylic acids is 1. The monoisotopic (exact) mass is 395 g/mol. The van der Waals surface area contributed by atoms with Crippen LogP contribution in [0.15, 0.2) is 12.3 Å². The zero-order chi connectivity index (χ0) is 22.0. The Hall–Kier alpha value is -2.26. The predicted molar refractivity (Wildman–Crippen MR) is 102 cm³/mol. The standard InChI is InChI=1S/C19H30N4O5/c1-6-13(7-2)28-15-9-12(18(25)26)8-14(17(15)20-11(3)24)23-10-16(21-22-23)19(4,5)27/h8,10,12-13,15,17,27H,6-7,9H2,1-5H3,(H,20,24)(H,25,26)/t12?,15-,17-/m1/s1/i12D. The molecule has 9 nitrogen and oxygen atoms in total. The van der Waals surface area contributed by atoms with Crippen LogP contribution in [0.5, 0.6) is 0 Å². The Labute approximate surface area is 166 Å². The molecule has 9 heteroatoms. The van der Waals surface area contributed by atoms with Crippen molar-refractivity contribution < 1.29 is 25.9 Å². The maximum atomic E-state index is 11.9. The number of amides is 1. The number of nitrogens with zero attached hydrogens (tertiary/aromatic N) is 3. The summed E-state index contributed by atoms with van der Waals surface area (Å²) in [5.74, 6) is -3.60. The minimum Gasteiger partial charge on any atom is -0.481 e. The Balaban J connectivity index is 2.57. The third-order valence-electron chi connectivity index (χ3n) is 4.73. The fourth-order valence-electron chi connectivity index (χ4n) is 3.12. The fraction of sp³-hybridized carbons (Fsp3) is 0.684. The highest BCUT2D eigenvalue weighted by atomic mass is 16.5. The van der Waals surface area contributed by atoms with Gasteiger partial charge in [-0.15, -0.1) is 5.10 Å². The van der Waals surface area contributed by atoms with Crippen molar-refractivity contribution >= 4 is 17.6 Å². The van der Waals surface area contributed by atoms with Gasteiger partial charge in [-0.3, -0.25) is 9.59 Å². The van der Waals surface area contributed by atoms with Crippen LogP contribution in [0, 0.1) is 5.89 Å². The van der Waals surface area contributed by atoms with Gasteiger partial charge in [0.1, 0.15) is 11.3 Å². The second-order valence-electron chi connectivity index (χ2n) is 7.50. The minimum absolute atomic E-state index is 0.125. The Kier molecular flexibility index (Phi) is 6.46. The molecule has 0 aliphatic heterocycles. The summed E-state index contributed by atoms with van der Waals surface area (Å²) in [5.41, 5.74) is -0.718. The molecule has 1 aliphatic rings. The van der Waals surface area contributed by atoms with E-state index in [-0.39, 0.29) is 29.8 Å². The molecule has 3 atom stereocenters. The highest BCUT2D eigenvalue weighted by Gasteiger charge is 2.39. The summed E-state index contributed by atoms with van der Waals surface area (Å²) < 4.78 is 15.9. The van der Waals surface area contributed by atoms with E-state index in [1.54, 1.807) is 13.8 Å². The second-order valence-corrected chi connectivity index (χ2v) is 7.50. The van der Waals surface area contributed by atoms with E-state index >= 15 is 0 Å². The van der Waals surface area contributed by atoms with Crippen LogP contribution in [-0.4, -0.2) is 55.3 Å². The molecule has 1 aromatic rings. The van der Waals surface area contributed by atoms with E-state index in [2.05, 4.69) is 15.6 Å². The topological polar surface area (TPSA) is 127 Å². The number of hydrogen-bond acceptors (Lipinski definition) is 6. The number of hydrogen-bond donors (Lipinski definition) is 3. The van der Waals surface area contributed by atoms with Crippen molar-refractivity contribution in [1.29, 1.82) is 0 Å². The molecule has 0 aromatic carbocycles. The maximum Gasteiger partial charge on any atom is 0.310 e. The number of carbonyl (C=O) groups excluding carboxylic acids is 1. The molecule has 28 heavy (non-hydrogen) atoms. The number of nitrogens with one attached hydrogen (secondary N) is 1. The average molecular weight is 395 g/mol. The lowest BCUT2D eigenvalue weighted by molar-refractivity contribution is -0.142. The third-order valence-corrected chi connectivity index (χ3v) is 4.73. The molecule has 156 valence electrons. The van der Waals surface area contributed by atoms with Gasteiger partial charge in [0.2, 0.25) is 5.91 Å². The maximum absolute atomic E-state index is 11.9. The molecule has 0 bridgehead atoms. The second kappa shape index (κ2) is 8.83.